The maximum absolute atomic E-state index is 9.81. The van der Waals surface area contributed by atoms with Crippen molar-refractivity contribution in [3.05, 3.63) is 0 Å². The van der Waals surface area contributed by atoms with E-state index in [1.54, 1.807) is 0 Å². The molecule has 1 atom stereocenters. The van der Waals surface area contributed by atoms with Gasteiger partial charge in [-0.05, 0) is 20.5 Å². The van der Waals surface area contributed by atoms with Crippen molar-refractivity contribution in [3.63, 3.8) is 0 Å². The molecular formula is C24H51NO. The Morgan fingerprint density at radius 3 is 1.15 bits per heavy atom. The lowest BCUT2D eigenvalue weighted by Gasteiger charge is -2.15. The fourth-order valence-electron chi connectivity index (χ4n) is 3.79. The van der Waals surface area contributed by atoms with Crippen LogP contribution in [0.2, 0.25) is 0 Å². The molecule has 0 aliphatic rings. The van der Waals surface area contributed by atoms with E-state index >= 15 is 0 Å². The first-order valence-corrected chi connectivity index (χ1v) is 12.0. The number of hydrogen-bond donors (Lipinski definition) is 1. The monoisotopic (exact) mass is 369 g/mol. The van der Waals surface area contributed by atoms with Crippen molar-refractivity contribution in [1.82, 2.24) is 4.90 Å². The first-order chi connectivity index (χ1) is 12.7. The molecule has 26 heavy (non-hydrogen) atoms. The minimum absolute atomic E-state index is 0.133. The van der Waals surface area contributed by atoms with E-state index in [-0.39, 0.29) is 6.10 Å². The summed E-state index contributed by atoms with van der Waals surface area (Å²) in [7, 11) is 4.05. The summed E-state index contributed by atoms with van der Waals surface area (Å²) in [6, 6.07) is 0. The van der Waals surface area contributed by atoms with E-state index in [2.05, 4.69) is 11.8 Å². The molecule has 0 rings (SSSR count). The Morgan fingerprint density at radius 2 is 0.846 bits per heavy atom. The van der Waals surface area contributed by atoms with Gasteiger partial charge in [0.05, 0.1) is 6.10 Å². The summed E-state index contributed by atoms with van der Waals surface area (Å²) in [4.78, 5) is 2.07. The molecule has 0 aliphatic carbocycles. The van der Waals surface area contributed by atoms with Crippen LogP contribution in [0.25, 0.3) is 0 Å². The average molecular weight is 370 g/mol. The summed E-state index contributed by atoms with van der Waals surface area (Å²) in [5, 5.41) is 9.81. The van der Waals surface area contributed by atoms with Crippen molar-refractivity contribution < 1.29 is 5.11 Å². The van der Waals surface area contributed by atoms with Gasteiger partial charge in [-0.2, -0.15) is 0 Å². The zero-order chi connectivity index (χ0) is 19.3. The maximum Gasteiger partial charge on any atom is 0.0666 e. The third-order valence-electron chi connectivity index (χ3n) is 5.47. The van der Waals surface area contributed by atoms with Gasteiger partial charge in [0.1, 0.15) is 0 Å². The number of nitrogens with zero attached hydrogens (tertiary/aromatic N) is 1. The van der Waals surface area contributed by atoms with Crippen molar-refractivity contribution in [2.75, 3.05) is 20.6 Å². The highest BCUT2D eigenvalue weighted by Crippen LogP contribution is 2.14. The van der Waals surface area contributed by atoms with Crippen LogP contribution in [-0.2, 0) is 0 Å². The van der Waals surface area contributed by atoms with Crippen LogP contribution in [0.3, 0.4) is 0 Å². The fourth-order valence-corrected chi connectivity index (χ4v) is 3.79. The van der Waals surface area contributed by atoms with E-state index in [1.807, 2.05) is 14.1 Å². The Balaban J connectivity index is 3.05. The summed E-state index contributed by atoms with van der Waals surface area (Å²) in [6.07, 6.45) is 26.3. The summed E-state index contributed by atoms with van der Waals surface area (Å²) < 4.78 is 0. The minimum Gasteiger partial charge on any atom is -0.392 e. The molecule has 0 heterocycles. The molecule has 2 nitrogen and oxygen atoms in total. The van der Waals surface area contributed by atoms with Gasteiger partial charge in [0.25, 0.3) is 0 Å². The normalized spacial score (nSPS) is 12.8. The van der Waals surface area contributed by atoms with Crippen molar-refractivity contribution in [2.24, 2.45) is 0 Å². The van der Waals surface area contributed by atoms with Gasteiger partial charge in [0, 0.05) is 6.54 Å². The Bertz CT molecular complexity index is 255. The number of aliphatic hydroxyl groups excluding tert-OH is 1. The van der Waals surface area contributed by atoms with Crippen LogP contribution in [0.4, 0.5) is 0 Å². The molecule has 0 aromatic carbocycles. The molecule has 2 heteroatoms. The quantitative estimate of drug-likeness (QED) is 0.214. The lowest BCUT2D eigenvalue weighted by Crippen LogP contribution is -2.25. The zero-order valence-corrected chi connectivity index (χ0v) is 18.6. The van der Waals surface area contributed by atoms with Crippen LogP contribution in [-0.4, -0.2) is 36.8 Å². The second-order valence-corrected chi connectivity index (χ2v) is 8.72. The van der Waals surface area contributed by atoms with Gasteiger partial charge < -0.3 is 10.0 Å². The van der Waals surface area contributed by atoms with Gasteiger partial charge in [-0.3, -0.25) is 0 Å². The number of likely N-dealkylation sites (N-methyl/N-ethyl adjacent to an activating group) is 1. The number of unbranched alkanes of at least 4 members (excludes halogenated alkanes) is 17. The summed E-state index contributed by atoms with van der Waals surface area (Å²) >= 11 is 0. The third-order valence-corrected chi connectivity index (χ3v) is 5.47. The number of hydrogen-bond acceptors (Lipinski definition) is 2. The lowest BCUT2D eigenvalue weighted by atomic mass is 10.0. The molecule has 0 aromatic heterocycles. The van der Waals surface area contributed by atoms with Gasteiger partial charge in [0.2, 0.25) is 0 Å². The Morgan fingerprint density at radius 1 is 0.538 bits per heavy atom. The average Bonchev–Trinajstić information content (AvgIpc) is 2.60. The van der Waals surface area contributed by atoms with Gasteiger partial charge in [-0.25, -0.2) is 0 Å². The fraction of sp³-hybridized carbons (Fsp3) is 1.00. The van der Waals surface area contributed by atoms with Crippen LogP contribution in [0.1, 0.15) is 129 Å². The number of rotatable bonds is 21. The predicted octanol–water partition coefficient (Wildman–Crippen LogP) is 7.34. The van der Waals surface area contributed by atoms with Gasteiger partial charge in [-0.1, -0.05) is 122 Å². The van der Waals surface area contributed by atoms with E-state index < -0.39 is 0 Å². The Labute approximate surface area is 166 Å². The summed E-state index contributed by atoms with van der Waals surface area (Å²) in [6.45, 7) is 3.10. The van der Waals surface area contributed by atoms with Crippen LogP contribution in [0.15, 0.2) is 0 Å². The second kappa shape index (κ2) is 21.2. The highest BCUT2D eigenvalue weighted by Gasteiger charge is 2.04. The molecule has 0 saturated heterocycles. The first kappa shape index (κ1) is 25.9. The molecule has 1 N–H and O–H groups in total. The first-order valence-electron chi connectivity index (χ1n) is 12.0. The molecule has 0 saturated carbocycles. The Kier molecular flexibility index (Phi) is 21.2. The molecule has 0 aliphatic heterocycles. The second-order valence-electron chi connectivity index (χ2n) is 8.72. The van der Waals surface area contributed by atoms with E-state index in [0.29, 0.717) is 0 Å². The van der Waals surface area contributed by atoms with Crippen LogP contribution in [0, 0.1) is 0 Å². The lowest BCUT2D eigenvalue weighted by molar-refractivity contribution is 0.125. The third kappa shape index (κ3) is 22.0. The Hall–Kier alpha value is -0.0800. The van der Waals surface area contributed by atoms with E-state index in [0.717, 1.165) is 13.0 Å². The standard InChI is InChI=1S/C24H51NO/c1-4-5-6-7-8-9-10-11-12-13-14-15-16-17-18-19-20-21-22-24(26)23-25(2)3/h24,26H,4-23H2,1-3H3. The number of aliphatic hydroxyl groups is 1. The SMILES string of the molecule is CCCCCCCCCCCCCCCCCCCCC(O)CN(C)C. The zero-order valence-electron chi connectivity index (χ0n) is 18.6. The molecule has 0 radical (unpaired) electrons. The molecule has 0 amide bonds. The van der Waals surface area contributed by atoms with Gasteiger partial charge >= 0.3 is 0 Å². The van der Waals surface area contributed by atoms with E-state index in [9.17, 15) is 5.11 Å². The van der Waals surface area contributed by atoms with Gasteiger partial charge in [-0.15, -0.1) is 0 Å². The smallest absolute Gasteiger partial charge is 0.0666 e. The summed E-state index contributed by atoms with van der Waals surface area (Å²) in [5.41, 5.74) is 0. The van der Waals surface area contributed by atoms with Crippen molar-refractivity contribution in [3.8, 4) is 0 Å². The van der Waals surface area contributed by atoms with Crippen molar-refractivity contribution >= 4 is 0 Å². The molecule has 0 fully saturated rings. The summed E-state index contributed by atoms with van der Waals surface area (Å²) in [5.74, 6) is 0. The van der Waals surface area contributed by atoms with Crippen LogP contribution in [0.5, 0.6) is 0 Å². The minimum atomic E-state index is -0.133. The van der Waals surface area contributed by atoms with Gasteiger partial charge in [0.15, 0.2) is 0 Å². The molecular weight excluding hydrogens is 318 g/mol. The molecule has 1 unspecified atom stereocenters. The van der Waals surface area contributed by atoms with Crippen molar-refractivity contribution in [2.45, 2.75) is 135 Å². The van der Waals surface area contributed by atoms with E-state index in [4.69, 9.17) is 0 Å². The molecule has 0 bridgehead atoms. The largest absolute Gasteiger partial charge is 0.392 e. The molecule has 158 valence electrons. The van der Waals surface area contributed by atoms with Crippen molar-refractivity contribution in [1.29, 1.82) is 0 Å². The van der Waals surface area contributed by atoms with E-state index in [1.165, 1.54) is 116 Å². The molecule has 0 spiro atoms. The topological polar surface area (TPSA) is 23.5 Å². The highest BCUT2D eigenvalue weighted by atomic mass is 16.3. The predicted molar refractivity (Wildman–Crippen MR) is 118 cm³/mol. The maximum atomic E-state index is 9.81. The van der Waals surface area contributed by atoms with Crippen LogP contribution < -0.4 is 0 Å². The highest BCUT2D eigenvalue weighted by molar-refractivity contribution is 4.59. The molecule has 0 aromatic rings. The van der Waals surface area contributed by atoms with Crippen LogP contribution >= 0.6 is 0 Å².